The van der Waals surface area contributed by atoms with Gasteiger partial charge in [-0.25, -0.2) is 0 Å². The summed E-state index contributed by atoms with van der Waals surface area (Å²) in [6.07, 6.45) is 1.39. The van der Waals surface area contributed by atoms with Crippen LogP contribution in [-0.4, -0.2) is 50.4 Å². The Morgan fingerprint density at radius 3 is 2.54 bits per heavy atom. The highest BCUT2D eigenvalue weighted by Gasteiger charge is 2.27. The monoisotopic (exact) mass is 188 g/mol. The molecule has 76 valence electrons. The van der Waals surface area contributed by atoms with Crippen LogP contribution < -0.4 is 5.73 Å². The molecule has 1 atom stereocenters. The fourth-order valence-electron chi connectivity index (χ4n) is 1.03. The fraction of sp³-hybridized carbons (Fsp3) is 0.750. The maximum absolute atomic E-state index is 10.9. The molecule has 1 rings (SSSR count). The van der Waals surface area contributed by atoms with Gasteiger partial charge in [-0.15, -0.1) is 0 Å². The van der Waals surface area contributed by atoms with Crippen LogP contribution in [0.4, 0.5) is 0 Å². The minimum absolute atomic E-state index is 0.105. The first-order valence-corrected chi connectivity index (χ1v) is 4.05. The van der Waals surface area contributed by atoms with Gasteiger partial charge in [0, 0.05) is 20.8 Å². The molecule has 5 nitrogen and oxygen atoms in total. The predicted molar refractivity (Wildman–Crippen MR) is 48.2 cm³/mol. The Labute approximate surface area is 77.8 Å². The van der Waals surface area contributed by atoms with Crippen molar-refractivity contribution < 1.29 is 14.3 Å². The second-order valence-corrected chi connectivity index (χ2v) is 2.75. The number of aldehydes is 1. The van der Waals surface area contributed by atoms with E-state index < -0.39 is 0 Å². The maximum Gasteiger partial charge on any atom is 0.239 e. The number of hydrogen-bond acceptors (Lipinski definition) is 4. The molecule has 1 saturated heterocycles. The van der Waals surface area contributed by atoms with Crippen molar-refractivity contribution in [2.45, 2.75) is 12.5 Å². The Morgan fingerprint density at radius 1 is 1.69 bits per heavy atom. The number of likely N-dealkylation sites (tertiary alicyclic amines) is 1. The molecule has 1 aliphatic rings. The zero-order valence-corrected chi connectivity index (χ0v) is 8.03. The zero-order valence-electron chi connectivity index (χ0n) is 8.03. The third kappa shape index (κ3) is 4.00. The predicted octanol–water partition coefficient (Wildman–Crippen LogP) is -0.992. The van der Waals surface area contributed by atoms with Crippen LogP contribution in [0.1, 0.15) is 6.42 Å². The second-order valence-electron chi connectivity index (χ2n) is 2.75. The Balaban J connectivity index is 0.000000424. The van der Waals surface area contributed by atoms with Gasteiger partial charge >= 0.3 is 0 Å². The van der Waals surface area contributed by atoms with Gasteiger partial charge in [0.1, 0.15) is 6.29 Å². The van der Waals surface area contributed by atoms with Crippen molar-refractivity contribution in [3.8, 4) is 0 Å². The summed E-state index contributed by atoms with van der Waals surface area (Å²) in [5.74, 6) is -0.105. The van der Waals surface area contributed by atoms with Crippen LogP contribution in [0.5, 0.6) is 0 Å². The van der Waals surface area contributed by atoms with Crippen molar-refractivity contribution in [3.63, 3.8) is 0 Å². The Bertz CT molecular complexity index is 173. The molecule has 0 aromatic heterocycles. The number of ether oxygens (including phenoxy) is 1. The van der Waals surface area contributed by atoms with E-state index in [1.807, 2.05) is 0 Å². The standard InChI is InChI=1S/C6H10N2O2.C2H6O/c7-5-1-2-8(3-4-9)6(5)10;1-3-2/h4-5H,1-3,7H2;1-2H3. The zero-order chi connectivity index (χ0) is 10.3. The van der Waals surface area contributed by atoms with Crippen LogP contribution in [0.15, 0.2) is 0 Å². The molecule has 0 spiro atoms. The van der Waals surface area contributed by atoms with E-state index in [1.165, 1.54) is 4.90 Å². The number of amides is 1. The van der Waals surface area contributed by atoms with Gasteiger partial charge in [-0.2, -0.15) is 0 Å². The lowest BCUT2D eigenvalue weighted by atomic mass is 10.3. The Kier molecular flexibility index (Phi) is 6.09. The first kappa shape index (κ1) is 12.1. The van der Waals surface area contributed by atoms with Crippen LogP contribution in [0, 0.1) is 0 Å². The summed E-state index contributed by atoms with van der Waals surface area (Å²) in [5.41, 5.74) is 5.39. The third-order valence-corrected chi connectivity index (χ3v) is 1.63. The van der Waals surface area contributed by atoms with Gasteiger partial charge < -0.3 is 20.2 Å². The van der Waals surface area contributed by atoms with Crippen LogP contribution in [-0.2, 0) is 14.3 Å². The SMILES string of the molecule is COC.NC1CCN(CC=O)C1=O. The first-order valence-electron chi connectivity index (χ1n) is 4.05. The highest BCUT2D eigenvalue weighted by molar-refractivity contribution is 5.85. The maximum atomic E-state index is 10.9. The Morgan fingerprint density at radius 2 is 2.23 bits per heavy atom. The molecule has 0 aromatic rings. The molecule has 5 heteroatoms. The van der Waals surface area contributed by atoms with Crippen LogP contribution >= 0.6 is 0 Å². The van der Waals surface area contributed by atoms with E-state index in [0.29, 0.717) is 13.0 Å². The van der Waals surface area contributed by atoms with E-state index in [0.717, 1.165) is 6.29 Å². The summed E-state index contributed by atoms with van der Waals surface area (Å²) >= 11 is 0. The van der Waals surface area contributed by atoms with E-state index in [4.69, 9.17) is 5.73 Å². The van der Waals surface area contributed by atoms with E-state index in [9.17, 15) is 9.59 Å². The van der Waals surface area contributed by atoms with E-state index in [2.05, 4.69) is 4.74 Å². The molecule has 2 N–H and O–H groups in total. The lowest BCUT2D eigenvalue weighted by Gasteiger charge is -2.10. The quantitative estimate of drug-likeness (QED) is 0.565. The van der Waals surface area contributed by atoms with Crippen molar-refractivity contribution in [2.75, 3.05) is 27.3 Å². The molecule has 1 amide bonds. The lowest BCUT2D eigenvalue weighted by molar-refractivity contribution is -0.130. The van der Waals surface area contributed by atoms with Crippen LogP contribution in [0.2, 0.25) is 0 Å². The minimum Gasteiger partial charge on any atom is -0.388 e. The normalized spacial score (nSPS) is 21.0. The van der Waals surface area contributed by atoms with Gasteiger partial charge in [-0.05, 0) is 6.42 Å². The number of methoxy groups -OCH3 is 1. The molecular formula is C8H16N2O3. The number of hydrogen-bond donors (Lipinski definition) is 1. The molecule has 1 unspecified atom stereocenters. The van der Waals surface area contributed by atoms with Crippen molar-refractivity contribution in [1.82, 2.24) is 4.90 Å². The number of nitrogens with zero attached hydrogens (tertiary/aromatic N) is 1. The van der Waals surface area contributed by atoms with Gasteiger partial charge in [-0.1, -0.05) is 0 Å². The largest absolute Gasteiger partial charge is 0.388 e. The number of carbonyl (C=O) groups is 2. The third-order valence-electron chi connectivity index (χ3n) is 1.63. The highest BCUT2D eigenvalue weighted by Crippen LogP contribution is 2.06. The summed E-state index contributed by atoms with van der Waals surface area (Å²) in [4.78, 5) is 22.4. The average molecular weight is 188 g/mol. The minimum atomic E-state index is -0.375. The summed E-state index contributed by atoms with van der Waals surface area (Å²) in [7, 11) is 3.25. The summed E-state index contributed by atoms with van der Waals surface area (Å²) in [5, 5.41) is 0. The summed E-state index contributed by atoms with van der Waals surface area (Å²) < 4.78 is 4.25. The topological polar surface area (TPSA) is 72.6 Å². The second kappa shape index (κ2) is 6.56. The van der Waals surface area contributed by atoms with Gasteiger partial charge in [0.25, 0.3) is 0 Å². The summed E-state index contributed by atoms with van der Waals surface area (Å²) in [6, 6.07) is -0.375. The number of nitrogens with two attached hydrogens (primary N) is 1. The first-order chi connectivity index (χ1) is 6.17. The molecule has 13 heavy (non-hydrogen) atoms. The van der Waals surface area contributed by atoms with Crippen molar-refractivity contribution >= 4 is 12.2 Å². The number of carbonyl (C=O) groups excluding carboxylic acids is 2. The van der Waals surface area contributed by atoms with E-state index in [1.54, 1.807) is 14.2 Å². The molecule has 0 aliphatic carbocycles. The number of rotatable bonds is 2. The summed E-state index contributed by atoms with van der Waals surface area (Å²) in [6.45, 7) is 0.811. The molecule has 0 aromatic carbocycles. The molecule has 1 aliphatic heterocycles. The Hall–Kier alpha value is -0.940. The molecule has 0 saturated carbocycles. The van der Waals surface area contributed by atoms with Crippen molar-refractivity contribution in [3.05, 3.63) is 0 Å². The fourth-order valence-corrected chi connectivity index (χ4v) is 1.03. The molecule has 1 heterocycles. The van der Waals surface area contributed by atoms with Crippen molar-refractivity contribution in [2.24, 2.45) is 5.73 Å². The molecule has 0 bridgehead atoms. The molecule has 0 radical (unpaired) electrons. The van der Waals surface area contributed by atoms with Crippen molar-refractivity contribution in [1.29, 1.82) is 0 Å². The highest BCUT2D eigenvalue weighted by atomic mass is 16.4. The average Bonchev–Trinajstić information content (AvgIpc) is 2.38. The van der Waals surface area contributed by atoms with Gasteiger partial charge in [0.05, 0.1) is 12.6 Å². The molecule has 1 fully saturated rings. The van der Waals surface area contributed by atoms with Crippen LogP contribution in [0.3, 0.4) is 0 Å². The van der Waals surface area contributed by atoms with Gasteiger partial charge in [-0.3, -0.25) is 4.79 Å². The lowest BCUT2D eigenvalue weighted by Crippen LogP contribution is -2.34. The molecular weight excluding hydrogens is 172 g/mol. The van der Waals surface area contributed by atoms with Gasteiger partial charge in [0.15, 0.2) is 0 Å². The van der Waals surface area contributed by atoms with Crippen LogP contribution in [0.25, 0.3) is 0 Å². The van der Waals surface area contributed by atoms with E-state index >= 15 is 0 Å². The smallest absolute Gasteiger partial charge is 0.239 e. The van der Waals surface area contributed by atoms with E-state index in [-0.39, 0.29) is 18.5 Å². The van der Waals surface area contributed by atoms with Gasteiger partial charge in [0.2, 0.25) is 5.91 Å².